The Morgan fingerprint density at radius 3 is 3.00 bits per heavy atom. The molecule has 1 aromatic heterocycles. The first-order chi connectivity index (χ1) is 9.24. The smallest absolute Gasteiger partial charge is 0.245 e. The molecule has 1 aliphatic heterocycles. The summed E-state index contributed by atoms with van der Waals surface area (Å²) in [5, 5.41) is 10.8. The van der Waals surface area contributed by atoms with Gasteiger partial charge in [0.15, 0.2) is 5.82 Å². The predicted octanol–water partition coefficient (Wildman–Crippen LogP) is 2.03. The number of anilines is 1. The molecule has 0 radical (unpaired) electrons. The van der Waals surface area contributed by atoms with Gasteiger partial charge in [0.2, 0.25) is 5.95 Å². The number of rotatable bonds is 2. The molecule has 2 N–H and O–H groups in total. The topological polar surface area (TPSA) is 56.8 Å². The normalized spacial score (nSPS) is 19.7. The monoisotopic (exact) mass is 321 g/mol. The zero-order chi connectivity index (χ0) is 13.2. The van der Waals surface area contributed by atoms with Crippen molar-refractivity contribution in [2.24, 2.45) is 0 Å². The molecule has 0 spiro atoms. The lowest BCUT2D eigenvalue weighted by molar-refractivity contribution is 0.480. The van der Waals surface area contributed by atoms with Crippen LogP contribution in [0.2, 0.25) is 0 Å². The van der Waals surface area contributed by atoms with E-state index < -0.39 is 0 Å². The number of nitrogens with zero attached hydrogens (tertiary/aromatic N) is 3. The Morgan fingerprint density at radius 1 is 1.37 bits per heavy atom. The second-order valence-electron chi connectivity index (χ2n) is 4.77. The molecule has 0 amide bonds. The van der Waals surface area contributed by atoms with Crippen molar-refractivity contribution in [2.75, 3.05) is 24.5 Å². The number of aromatic nitrogens is 3. The Labute approximate surface area is 120 Å². The van der Waals surface area contributed by atoms with Crippen LogP contribution in [-0.4, -0.2) is 40.9 Å². The van der Waals surface area contributed by atoms with Gasteiger partial charge in [0.1, 0.15) is 0 Å². The van der Waals surface area contributed by atoms with Crippen LogP contribution < -0.4 is 10.2 Å². The van der Waals surface area contributed by atoms with Crippen LogP contribution in [0.25, 0.3) is 11.4 Å². The van der Waals surface area contributed by atoms with Crippen molar-refractivity contribution >= 4 is 21.9 Å². The van der Waals surface area contributed by atoms with E-state index in [1.165, 1.54) is 0 Å². The van der Waals surface area contributed by atoms with E-state index in [0.29, 0.717) is 6.04 Å². The van der Waals surface area contributed by atoms with Crippen LogP contribution >= 0.6 is 15.9 Å². The molecule has 1 aliphatic rings. The van der Waals surface area contributed by atoms with Gasteiger partial charge in [-0.1, -0.05) is 34.1 Å². The first kappa shape index (κ1) is 12.6. The summed E-state index contributed by atoms with van der Waals surface area (Å²) in [6.07, 6.45) is 0. The lowest BCUT2D eigenvalue weighted by atomic mass is 10.2. The molecule has 1 saturated heterocycles. The third-order valence-corrected chi connectivity index (χ3v) is 3.95. The van der Waals surface area contributed by atoms with Crippen molar-refractivity contribution in [3.05, 3.63) is 28.7 Å². The molecular formula is C13H16BrN5. The second-order valence-corrected chi connectivity index (χ2v) is 5.62. The molecule has 2 aromatic rings. The first-order valence-electron chi connectivity index (χ1n) is 6.39. The van der Waals surface area contributed by atoms with Crippen LogP contribution in [0.4, 0.5) is 5.95 Å². The van der Waals surface area contributed by atoms with E-state index in [1.54, 1.807) is 0 Å². The summed E-state index contributed by atoms with van der Waals surface area (Å²) in [6.45, 7) is 5.03. The second kappa shape index (κ2) is 5.30. The molecule has 6 heteroatoms. The van der Waals surface area contributed by atoms with E-state index >= 15 is 0 Å². The van der Waals surface area contributed by atoms with E-state index in [1.807, 2.05) is 24.3 Å². The molecule has 2 heterocycles. The molecule has 1 atom stereocenters. The quantitative estimate of drug-likeness (QED) is 0.888. The van der Waals surface area contributed by atoms with E-state index in [9.17, 15) is 0 Å². The van der Waals surface area contributed by atoms with Crippen LogP contribution in [0.15, 0.2) is 28.7 Å². The molecule has 0 bridgehead atoms. The van der Waals surface area contributed by atoms with Gasteiger partial charge in [0.05, 0.1) is 0 Å². The molecule has 0 aliphatic carbocycles. The molecule has 1 fully saturated rings. The molecule has 5 nitrogen and oxygen atoms in total. The largest absolute Gasteiger partial charge is 0.337 e. The Balaban J connectivity index is 1.85. The Hall–Kier alpha value is -1.40. The number of nitrogens with one attached hydrogen (secondary N) is 2. The highest BCUT2D eigenvalue weighted by molar-refractivity contribution is 9.10. The van der Waals surface area contributed by atoms with Crippen LogP contribution in [-0.2, 0) is 0 Å². The number of halogens is 1. The summed E-state index contributed by atoms with van der Waals surface area (Å²) >= 11 is 3.54. The number of hydrogen-bond acceptors (Lipinski definition) is 4. The van der Waals surface area contributed by atoms with Crippen molar-refractivity contribution in [1.82, 2.24) is 20.5 Å². The van der Waals surface area contributed by atoms with Crippen LogP contribution in [0.3, 0.4) is 0 Å². The van der Waals surface area contributed by atoms with Gasteiger partial charge in [-0.25, -0.2) is 0 Å². The Kier molecular flexibility index (Phi) is 3.52. The third-order valence-electron chi connectivity index (χ3n) is 3.25. The Morgan fingerprint density at radius 2 is 2.21 bits per heavy atom. The molecule has 19 heavy (non-hydrogen) atoms. The fourth-order valence-corrected chi connectivity index (χ4v) is 2.75. The van der Waals surface area contributed by atoms with Gasteiger partial charge in [0, 0.05) is 35.7 Å². The number of piperazine rings is 1. The predicted molar refractivity (Wildman–Crippen MR) is 79.2 cm³/mol. The summed E-state index contributed by atoms with van der Waals surface area (Å²) in [4.78, 5) is 6.81. The number of hydrogen-bond donors (Lipinski definition) is 2. The van der Waals surface area contributed by atoms with Gasteiger partial charge < -0.3 is 10.2 Å². The molecule has 100 valence electrons. The summed E-state index contributed by atoms with van der Waals surface area (Å²) in [7, 11) is 0. The first-order valence-corrected chi connectivity index (χ1v) is 7.19. The highest BCUT2D eigenvalue weighted by Gasteiger charge is 2.19. The van der Waals surface area contributed by atoms with E-state index in [4.69, 9.17) is 0 Å². The van der Waals surface area contributed by atoms with Gasteiger partial charge in [-0.15, -0.1) is 5.10 Å². The number of aromatic amines is 1. The SMILES string of the molecule is CC1CN(c2n[nH]c(-c3ccccc3Br)n2)CCN1. The van der Waals surface area contributed by atoms with Gasteiger partial charge in [-0.05, 0) is 13.0 Å². The summed E-state index contributed by atoms with van der Waals surface area (Å²) in [5.74, 6) is 1.58. The number of benzene rings is 1. The van der Waals surface area contributed by atoms with Gasteiger partial charge in [-0.3, -0.25) is 5.10 Å². The summed E-state index contributed by atoms with van der Waals surface area (Å²) in [6, 6.07) is 8.48. The average molecular weight is 322 g/mol. The van der Waals surface area contributed by atoms with E-state index in [0.717, 1.165) is 41.4 Å². The average Bonchev–Trinajstić information content (AvgIpc) is 2.89. The van der Waals surface area contributed by atoms with Gasteiger partial charge in [0.25, 0.3) is 0 Å². The standard InChI is InChI=1S/C13H16BrN5/c1-9-8-19(7-6-15-9)13-16-12(17-18-13)10-4-2-3-5-11(10)14/h2-5,9,15H,6-8H2,1H3,(H,16,17,18). The third kappa shape index (κ3) is 2.64. The van der Waals surface area contributed by atoms with E-state index in [-0.39, 0.29) is 0 Å². The van der Waals surface area contributed by atoms with Crippen LogP contribution in [0.5, 0.6) is 0 Å². The minimum Gasteiger partial charge on any atom is -0.337 e. The summed E-state index contributed by atoms with van der Waals surface area (Å²) < 4.78 is 1.02. The fraction of sp³-hybridized carbons (Fsp3) is 0.385. The van der Waals surface area contributed by atoms with Crippen molar-refractivity contribution in [1.29, 1.82) is 0 Å². The van der Waals surface area contributed by atoms with Crippen LogP contribution in [0, 0.1) is 0 Å². The maximum Gasteiger partial charge on any atom is 0.245 e. The maximum absolute atomic E-state index is 4.60. The molecule has 0 saturated carbocycles. The van der Waals surface area contributed by atoms with Gasteiger partial charge >= 0.3 is 0 Å². The lowest BCUT2D eigenvalue weighted by Crippen LogP contribution is -2.49. The van der Waals surface area contributed by atoms with E-state index in [2.05, 4.69) is 48.3 Å². The van der Waals surface area contributed by atoms with Crippen molar-refractivity contribution in [3.8, 4) is 11.4 Å². The minimum atomic E-state index is 0.471. The number of H-pyrrole nitrogens is 1. The molecule has 3 rings (SSSR count). The zero-order valence-electron chi connectivity index (χ0n) is 10.7. The molecular weight excluding hydrogens is 306 g/mol. The molecule has 1 unspecified atom stereocenters. The van der Waals surface area contributed by atoms with Crippen molar-refractivity contribution in [3.63, 3.8) is 0 Å². The minimum absolute atomic E-state index is 0.471. The highest BCUT2D eigenvalue weighted by Crippen LogP contribution is 2.26. The Bertz CT molecular complexity index is 568. The molecule has 1 aromatic carbocycles. The zero-order valence-corrected chi connectivity index (χ0v) is 12.3. The fourth-order valence-electron chi connectivity index (χ4n) is 2.28. The van der Waals surface area contributed by atoms with Crippen LogP contribution in [0.1, 0.15) is 6.92 Å². The summed E-state index contributed by atoms with van der Waals surface area (Å²) in [5.41, 5.74) is 1.03. The van der Waals surface area contributed by atoms with Crippen molar-refractivity contribution < 1.29 is 0 Å². The highest BCUT2D eigenvalue weighted by atomic mass is 79.9. The lowest BCUT2D eigenvalue weighted by Gasteiger charge is -2.30. The van der Waals surface area contributed by atoms with Crippen molar-refractivity contribution in [2.45, 2.75) is 13.0 Å². The van der Waals surface area contributed by atoms with Gasteiger partial charge in [-0.2, -0.15) is 4.98 Å². The maximum atomic E-state index is 4.60.